The predicted octanol–water partition coefficient (Wildman–Crippen LogP) is 1.33. The number of hydrogen-bond acceptors (Lipinski definition) is 5. The molecule has 6 nitrogen and oxygen atoms in total. The lowest BCUT2D eigenvalue weighted by Gasteiger charge is -2.39. The van der Waals surface area contributed by atoms with Gasteiger partial charge in [-0.2, -0.15) is 0 Å². The zero-order valence-corrected chi connectivity index (χ0v) is 13.3. The fraction of sp³-hybridized carbons (Fsp3) is 0.688. The Morgan fingerprint density at radius 3 is 2.68 bits per heavy atom. The van der Waals surface area contributed by atoms with Gasteiger partial charge >= 0.3 is 0 Å². The number of anilines is 1. The smallest absolute Gasteiger partial charge is 0.227 e. The number of carbonyl (C=O) groups excluding carboxylic acids is 1. The normalized spacial score (nSPS) is 29.5. The molecule has 2 aliphatic heterocycles. The second kappa shape index (κ2) is 6.60. The first-order chi connectivity index (χ1) is 10.6. The van der Waals surface area contributed by atoms with E-state index in [2.05, 4.69) is 14.9 Å². The third-order valence-corrected chi connectivity index (χ3v) is 4.38. The quantitative estimate of drug-likeness (QED) is 0.825. The molecule has 0 N–H and O–H groups in total. The number of amides is 1. The molecule has 0 aromatic carbocycles. The minimum Gasteiger partial charge on any atom is -0.372 e. The van der Waals surface area contributed by atoms with Gasteiger partial charge in [-0.3, -0.25) is 9.78 Å². The molecule has 3 atom stereocenters. The van der Waals surface area contributed by atoms with Crippen molar-refractivity contribution in [2.45, 2.75) is 38.9 Å². The van der Waals surface area contributed by atoms with Crippen molar-refractivity contribution in [3.8, 4) is 0 Å². The lowest BCUT2D eigenvalue weighted by molar-refractivity contribution is -0.147. The Morgan fingerprint density at radius 2 is 2.00 bits per heavy atom. The number of morpholine rings is 1. The van der Waals surface area contributed by atoms with Crippen LogP contribution in [-0.4, -0.2) is 59.2 Å². The molecule has 0 saturated carbocycles. The molecule has 120 valence electrons. The fourth-order valence-electron chi connectivity index (χ4n) is 3.46. The molecule has 1 amide bonds. The summed E-state index contributed by atoms with van der Waals surface area (Å²) in [4.78, 5) is 25.5. The van der Waals surface area contributed by atoms with Gasteiger partial charge in [0.15, 0.2) is 0 Å². The van der Waals surface area contributed by atoms with Gasteiger partial charge in [0.25, 0.3) is 0 Å². The van der Waals surface area contributed by atoms with E-state index in [1.54, 1.807) is 18.6 Å². The van der Waals surface area contributed by atoms with E-state index >= 15 is 0 Å². The summed E-state index contributed by atoms with van der Waals surface area (Å²) in [6.45, 7) is 7.14. The zero-order chi connectivity index (χ0) is 15.5. The standard InChI is InChI=1S/C16H24N4O2/c1-12-9-20(10-13(2)22-12)16(21)14-4-3-7-19(11-14)15-8-17-5-6-18-15/h5-6,8,12-14H,3-4,7,9-11H2,1-2H3. The van der Waals surface area contributed by atoms with E-state index < -0.39 is 0 Å². The Kier molecular flexibility index (Phi) is 4.57. The fourth-order valence-corrected chi connectivity index (χ4v) is 3.46. The molecule has 3 unspecified atom stereocenters. The molecular formula is C16H24N4O2. The van der Waals surface area contributed by atoms with Crippen molar-refractivity contribution < 1.29 is 9.53 Å². The van der Waals surface area contributed by atoms with Gasteiger partial charge in [-0.25, -0.2) is 4.98 Å². The molecule has 6 heteroatoms. The van der Waals surface area contributed by atoms with Gasteiger partial charge in [-0.05, 0) is 26.7 Å². The van der Waals surface area contributed by atoms with E-state index in [0.717, 1.165) is 31.7 Å². The molecule has 2 aliphatic rings. The first-order valence-electron chi connectivity index (χ1n) is 8.08. The zero-order valence-electron chi connectivity index (χ0n) is 13.3. The molecular weight excluding hydrogens is 280 g/mol. The second-order valence-electron chi connectivity index (χ2n) is 6.35. The van der Waals surface area contributed by atoms with Gasteiger partial charge in [0.1, 0.15) is 5.82 Å². The Balaban J connectivity index is 1.65. The number of piperidine rings is 1. The highest BCUT2D eigenvalue weighted by Gasteiger charge is 2.33. The van der Waals surface area contributed by atoms with Gasteiger partial charge in [-0.1, -0.05) is 0 Å². The summed E-state index contributed by atoms with van der Waals surface area (Å²) in [5.41, 5.74) is 0. The van der Waals surface area contributed by atoms with Gasteiger partial charge in [0.2, 0.25) is 5.91 Å². The summed E-state index contributed by atoms with van der Waals surface area (Å²) in [7, 11) is 0. The van der Waals surface area contributed by atoms with Crippen molar-refractivity contribution in [3.63, 3.8) is 0 Å². The van der Waals surface area contributed by atoms with Crippen molar-refractivity contribution >= 4 is 11.7 Å². The van der Waals surface area contributed by atoms with Crippen LogP contribution in [0.2, 0.25) is 0 Å². The summed E-state index contributed by atoms with van der Waals surface area (Å²) in [6.07, 6.45) is 7.35. The van der Waals surface area contributed by atoms with E-state index in [1.165, 1.54) is 0 Å². The Bertz CT molecular complexity index is 500. The van der Waals surface area contributed by atoms with Crippen molar-refractivity contribution in [2.24, 2.45) is 5.92 Å². The summed E-state index contributed by atoms with van der Waals surface area (Å²) in [5, 5.41) is 0. The SMILES string of the molecule is CC1CN(C(=O)C2CCCN(c3cnccn3)C2)CC(C)O1. The van der Waals surface area contributed by atoms with E-state index in [1.807, 2.05) is 18.7 Å². The highest BCUT2D eigenvalue weighted by atomic mass is 16.5. The maximum absolute atomic E-state index is 12.8. The number of aromatic nitrogens is 2. The lowest BCUT2D eigenvalue weighted by Crippen LogP contribution is -2.52. The van der Waals surface area contributed by atoms with Gasteiger partial charge < -0.3 is 14.5 Å². The number of hydrogen-bond donors (Lipinski definition) is 0. The highest BCUT2D eigenvalue weighted by Crippen LogP contribution is 2.24. The van der Waals surface area contributed by atoms with Crippen LogP contribution in [0.5, 0.6) is 0 Å². The summed E-state index contributed by atoms with van der Waals surface area (Å²) >= 11 is 0. The third-order valence-electron chi connectivity index (χ3n) is 4.38. The maximum Gasteiger partial charge on any atom is 0.227 e. The van der Waals surface area contributed by atoms with Crippen LogP contribution < -0.4 is 4.90 Å². The molecule has 0 aliphatic carbocycles. The summed E-state index contributed by atoms with van der Waals surface area (Å²) < 4.78 is 5.72. The van der Waals surface area contributed by atoms with Crippen LogP contribution >= 0.6 is 0 Å². The molecule has 1 aromatic rings. The first kappa shape index (κ1) is 15.2. The number of nitrogens with zero attached hydrogens (tertiary/aromatic N) is 4. The molecule has 1 aromatic heterocycles. The average Bonchev–Trinajstić information content (AvgIpc) is 2.54. The minimum atomic E-state index is 0.0493. The average molecular weight is 304 g/mol. The molecule has 0 spiro atoms. The van der Waals surface area contributed by atoms with Crippen LogP contribution in [0, 0.1) is 5.92 Å². The Morgan fingerprint density at radius 1 is 1.23 bits per heavy atom. The number of ether oxygens (including phenoxy) is 1. The third kappa shape index (κ3) is 3.38. The lowest BCUT2D eigenvalue weighted by atomic mass is 9.96. The molecule has 3 rings (SSSR count). The largest absolute Gasteiger partial charge is 0.372 e. The molecule has 2 saturated heterocycles. The van der Waals surface area contributed by atoms with E-state index in [-0.39, 0.29) is 24.0 Å². The highest BCUT2D eigenvalue weighted by molar-refractivity contribution is 5.80. The van der Waals surface area contributed by atoms with Crippen LogP contribution in [-0.2, 0) is 9.53 Å². The van der Waals surface area contributed by atoms with Crippen molar-refractivity contribution in [2.75, 3.05) is 31.1 Å². The van der Waals surface area contributed by atoms with E-state index in [9.17, 15) is 4.79 Å². The van der Waals surface area contributed by atoms with Crippen LogP contribution in [0.25, 0.3) is 0 Å². The number of carbonyl (C=O) groups is 1. The molecule has 2 fully saturated rings. The molecule has 22 heavy (non-hydrogen) atoms. The summed E-state index contributed by atoms with van der Waals surface area (Å²) in [5.74, 6) is 1.17. The van der Waals surface area contributed by atoms with E-state index in [0.29, 0.717) is 13.1 Å². The minimum absolute atomic E-state index is 0.0493. The van der Waals surface area contributed by atoms with Crippen molar-refractivity contribution in [3.05, 3.63) is 18.6 Å². The van der Waals surface area contributed by atoms with Crippen LogP contribution in [0.3, 0.4) is 0 Å². The monoisotopic (exact) mass is 304 g/mol. The molecule has 0 radical (unpaired) electrons. The Labute approximate surface area is 131 Å². The van der Waals surface area contributed by atoms with Crippen LogP contribution in [0.4, 0.5) is 5.82 Å². The second-order valence-corrected chi connectivity index (χ2v) is 6.35. The topological polar surface area (TPSA) is 58.6 Å². The number of rotatable bonds is 2. The van der Waals surface area contributed by atoms with Gasteiger partial charge in [0, 0.05) is 38.6 Å². The van der Waals surface area contributed by atoms with Crippen LogP contribution in [0.15, 0.2) is 18.6 Å². The predicted molar refractivity (Wildman–Crippen MR) is 83.6 cm³/mol. The molecule has 0 bridgehead atoms. The molecule has 3 heterocycles. The van der Waals surface area contributed by atoms with Crippen molar-refractivity contribution in [1.29, 1.82) is 0 Å². The first-order valence-corrected chi connectivity index (χ1v) is 8.08. The summed E-state index contributed by atoms with van der Waals surface area (Å²) in [6, 6.07) is 0. The van der Waals surface area contributed by atoms with Gasteiger partial charge in [0.05, 0.1) is 24.3 Å². The van der Waals surface area contributed by atoms with Gasteiger partial charge in [-0.15, -0.1) is 0 Å². The van der Waals surface area contributed by atoms with E-state index in [4.69, 9.17) is 4.74 Å². The Hall–Kier alpha value is -1.69. The van der Waals surface area contributed by atoms with Crippen LogP contribution in [0.1, 0.15) is 26.7 Å². The maximum atomic E-state index is 12.8. The van der Waals surface area contributed by atoms with Crippen molar-refractivity contribution in [1.82, 2.24) is 14.9 Å².